The normalized spacial score (nSPS) is 17.9. The standard InChI is InChI=1S/C10H22N2O5/c1-5(2)4-7(11)10(16,17)12-8(6(3)13)9(14)15/h5-8,12-13,16-17H,4,11H2,1-3H3,(H,14,15)/t6-,7+,8+/m1/s1. The molecule has 0 amide bonds. The lowest BCUT2D eigenvalue weighted by molar-refractivity contribution is -0.215. The maximum absolute atomic E-state index is 10.8. The predicted molar refractivity (Wildman–Crippen MR) is 60.8 cm³/mol. The van der Waals surface area contributed by atoms with Crippen LogP contribution in [0.1, 0.15) is 27.2 Å². The molecule has 0 aliphatic carbocycles. The maximum atomic E-state index is 10.8. The van der Waals surface area contributed by atoms with Crippen LogP contribution in [-0.2, 0) is 4.79 Å². The van der Waals surface area contributed by atoms with E-state index in [-0.39, 0.29) is 5.92 Å². The number of aliphatic hydroxyl groups excluding tert-OH is 1. The smallest absolute Gasteiger partial charge is 0.323 e. The van der Waals surface area contributed by atoms with E-state index in [9.17, 15) is 20.1 Å². The van der Waals surface area contributed by atoms with Gasteiger partial charge in [-0.05, 0) is 19.3 Å². The van der Waals surface area contributed by atoms with Crippen LogP contribution in [0.5, 0.6) is 0 Å². The number of nitrogens with two attached hydrogens (primary N) is 1. The Balaban J connectivity index is 4.65. The Kier molecular flexibility index (Phi) is 6.00. The molecule has 0 rings (SSSR count). The minimum Gasteiger partial charge on any atom is -0.480 e. The molecular weight excluding hydrogens is 228 g/mol. The van der Waals surface area contributed by atoms with E-state index in [1.165, 1.54) is 6.92 Å². The number of nitrogens with one attached hydrogen (secondary N) is 1. The molecule has 7 nitrogen and oxygen atoms in total. The Hall–Kier alpha value is -0.730. The van der Waals surface area contributed by atoms with Crippen LogP contribution >= 0.6 is 0 Å². The highest BCUT2D eigenvalue weighted by Crippen LogP contribution is 2.12. The number of hydrogen-bond donors (Lipinski definition) is 6. The molecule has 102 valence electrons. The summed E-state index contributed by atoms with van der Waals surface area (Å²) in [5.74, 6) is -3.80. The molecule has 0 radical (unpaired) electrons. The van der Waals surface area contributed by atoms with Crippen molar-refractivity contribution in [1.82, 2.24) is 5.32 Å². The summed E-state index contributed by atoms with van der Waals surface area (Å²) < 4.78 is 0. The lowest BCUT2D eigenvalue weighted by Gasteiger charge is -2.33. The van der Waals surface area contributed by atoms with Gasteiger partial charge in [-0.25, -0.2) is 5.32 Å². The monoisotopic (exact) mass is 250 g/mol. The van der Waals surface area contributed by atoms with Crippen molar-refractivity contribution in [2.45, 2.75) is 51.3 Å². The van der Waals surface area contributed by atoms with Gasteiger partial charge in [0.2, 0.25) is 5.91 Å². The van der Waals surface area contributed by atoms with E-state index >= 15 is 0 Å². The Morgan fingerprint density at radius 1 is 1.35 bits per heavy atom. The van der Waals surface area contributed by atoms with Crippen LogP contribution in [-0.4, -0.2) is 50.5 Å². The molecule has 17 heavy (non-hydrogen) atoms. The van der Waals surface area contributed by atoms with E-state index < -0.39 is 30.1 Å². The Labute approximate surface area is 100 Å². The van der Waals surface area contributed by atoms with Crippen LogP contribution in [0.3, 0.4) is 0 Å². The van der Waals surface area contributed by atoms with Crippen LogP contribution in [0, 0.1) is 5.92 Å². The minimum atomic E-state index is -2.54. The van der Waals surface area contributed by atoms with Gasteiger partial charge in [0.05, 0.1) is 12.1 Å². The molecule has 0 heterocycles. The van der Waals surface area contributed by atoms with E-state index in [1.54, 1.807) is 0 Å². The van der Waals surface area contributed by atoms with E-state index in [0.29, 0.717) is 6.42 Å². The molecular formula is C10H22N2O5. The maximum Gasteiger partial charge on any atom is 0.323 e. The molecule has 0 bridgehead atoms. The van der Waals surface area contributed by atoms with Crippen molar-refractivity contribution in [2.24, 2.45) is 11.7 Å². The molecule has 0 saturated carbocycles. The predicted octanol–water partition coefficient (Wildman–Crippen LogP) is -1.58. The van der Waals surface area contributed by atoms with Crippen molar-refractivity contribution in [1.29, 1.82) is 0 Å². The SMILES string of the molecule is CC(C)C[C@H](N)C(O)(O)N[C@H](C(=O)O)[C@@H](C)O. The highest BCUT2D eigenvalue weighted by atomic mass is 16.5. The second-order valence-corrected chi connectivity index (χ2v) is 4.66. The molecule has 0 fully saturated rings. The first-order valence-electron chi connectivity index (χ1n) is 5.46. The first-order valence-corrected chi connectivity index (χ1v) is 5.46. The van der Waals surface area contributed by atoms with E-state index in [0.717, 1.165) is 0 Å². The van der Waals surface area contributed by atoms with Crippen molar-refractivity contribution >= 4 is 5.97 Å². The first kappa shape index (κ1) is 16.3. The van der Waals surface area contributed by atoms with Crippen LogP contribution in [0.15, 0.2) is 0 Å². The fraction of sp³-hybridized carbons (Fsp3) is 0.900. The molecule has 0 aliphatic heterocycles. The fourth-order valence-corrected chi connectivity index (χ4v) is 1.40. The summed E-state index contributed by atoms with van der Waals surface area (Å²) in [6, 6.07) is -2.55. The number of aliphatic carboxylic acids is 1. The lowest BCUT2D eigenvalue weighted by atomic mass is 10.0. The summed E-state index contributed by atoms with van der Waals surface area (Å²) in [7, 11) is 0. The average molecular weight is 250 g/mol. The van der Waals surface area contributed by atoms with Crippen LogP contribution in [0.4, 0.5) is 0 Å². The summed E-state index contributed by atoms with van der Waals surface area (Å²) in [6.07, 6.45) is -0.982. The summed E-state index contributed by atoms with van der Waals surface area (Å²) in [6.45, 7) is 4.93. The second kappa shape index (κ2) is 6.27. The summed E-state index contributed by atoms with van der Waals surface area (Å²) in [4.78, 5) is 10.8. The van der Waals surface area contributed by atoms with Crippen molar-refractivity contribution in [2.75, 3.05) is 0 Å². The molecule has 0 aromatic heterocycles. The number of aliphatic hydroxyl groups is 3. The summed E-state index contributed by atoms with van der Waals surface area (Å²) in [5, 5.41) is 39.3. The van der Waals surface area contributed by atoms with E-state index in [4.69, 9.17) is 10.8 Å². The van der Waals surface area contributed by atoms with Crippen LogP contribution in [0.25, 0.3) is 0 Å². The fourth-order valence-electron chi connectivity index (χ4n) is 1.40. The lowest BCUT2D eigenvalue weighted by Crippen LogP contribution is -2.65. The molecule has 0 spiro atoms. The van der Waals surface area contributed by atoms with E-state index in [2.05, 4.69) is 0 Å². The van der Waals surface area contributed by atoms with Crippen molar-refractivity contribution < 1.29 is 25.2 Å². The van der Waals surface area contributed by atoms with Gasteiger partial charge in [0.15, 0.2) is 0 Å². The second-order valence-electron chi connectivity index (χ2n) is 4.66. The number of carbonyl (C=O) groups is 1. The molecule has 0 aromatic rings. The van der Waals surface area contributed by atoms with Crippen LogP contribution < -0.4 is 11.1 Å². The van der Waals surface area contributed by atoms with Gasteiger partial charge in [-0.15, -0.1) is 0 Å². The third-order valence-corrected chi connectivity index (χ3v) is 2.36. The molecule has 3 atom stereocenters. The highest BCUT2D eigenvalue weighted by Gasteiger charge is 2.38. The number of rotatable bonds is 7. The molecule has 0 saturated heterocycles. The zero-order valence-electron chi connectivity index (χ0n) is 10.3. The van der Waals surface area contributed by atoms with Crippen molar-refractivity contribution in [3.63, 3.8) is 0 Å². The highest BCUT2D eigenvalue weighted by molar-refractivity contribution is 5.74. The third kappa shape index (κ3) is 5.42. The molecule has 7 N–H and O–H groups in total. The number of hydrogen-bond acceptors (Lipinski definition) is 6. The van der Waals surface area contributed by atoms with Crippen molar-refractivity contribution in [3.8, 4) is 0 Å². The van der Waals surface area contributed by atoms with Gasteiger partial charge >= 0.3 is 5.97 Å². The molecule has 0 unspecified atom stereocenters. The topological polar surface area (TPSA) is 136 Å². The minimum absolute atomic E-state index is 0.125. The third-order valence-electron chi connectivity index (χ3n) is 2.36. The van der Waals surface area contributed by atoms with Gasteiger partial charge in [-0.3, -0.25) is 4.79 Å². The van der Waals surface area contributed by atoms with Gasteiger partial charge in [0.25, 0.3) is 0 Å². The summed E-state index contributed by atoms with van der Waals surface area (Å²) >= 11 is 0. The Morgan fingerprint density at radius 3 is 2.12 bits per heavy atom. The van der Waals surface area contributed by atoms with Gasteiger partial charge in [-0.2, -0.15) is 0 Å². The number of carboxylic acids is 1. The average Bonchev–Trinajstić information content (AvgIpc) is 2.12. The van der Waals surface area contributed by atoms with Gasteiger partial charge in [0.1, 0.15) is 6.04 Å². The molecule has 0 aliphatic rings. The number of carboxylic acid groups (broad SMARTS) is 1. The zero-order chi connectivity index (χ0) is 13.8. The van der Waals surface area contributed by atoms with E-state index in [1.807, 2.05) is 19.2 Å². The van der Waals surface area contributed by atoms with Gasteiger partial charge in [-0.1, -0.05) is 13.8 Å². The first-order chi connectivity index (χ1) is 7.58. The quantitative estimate of drug-likeness (QED) is 0.300. The zero-order valence-corrected chi connectivity index (χ0v) is 10.3. The largest absolute Gasteiger partial charge is 0.480 e. The molecule has 7 heteroatoms. The molecule has 0 aromatic carbocycles. The summed E-state index contributed by atoms with van der Waals surface area (Å²) in [5.41, 5.74) is 5.56. The Morgan fingerprint density at radius 2 is 1.82 bits per heavy atom. The van der Waals surface area contributed by atoms with Crippen molar-refractivity contribution in [3.05, 3.63) is 0 Å². The van der Waals surface area contributed by atoms with Crippen LogP contribution in [0.2, 0.25) is 0 Å². The Bertz CT molecular complexity index is 255. The van der Waals surface area contributed by atoms with Gasteiger partial charge in [0, 0.05) is 0 Å². The van der Waals surface area contributed by atoms with Gasteiger partial charge < -0.3 is 26.2 Å².